The quantitative estimate of drug-likeness (QED) is 0.836. The number of hydrogen-bond acceptors (Lipinski definition) is 2. The summed E-state index contributed by atoms with van der Waals surface area (Å²) < 4.78 is 0. The summed E-state index contributed by atoms with van der Waals surface area (Å²) in [6.07, 6.45) is 0. The summed E-state index contributed by atoms with van der Waals surface area (Å²) in [6.45, 7) is 1.91. The van der Waals surface area contributed by atoms with Crippen LogP contribution in [0.3, 0.4) is 0 Å². The lowest BCUT2D eigenvalue weighted by atomic mass is 10.1. The summed E-state index contributed by atoms with van der Waals surface area (Å²) in [5.74, 6) is -1.02. The maximum Gasteiger partial charge on any atom is 0.355 e. The third-order valence-electron chi connectivity index (χ3n) is 2.60. The van der Waals surface area contributed by atoms with E-state index < -0.39 is 5.97 Å². The number of hydrogen-bond donors (Lipinski definition) is 1. The van der Waals surface area contributed by atoms with Crippen LogP contribution in [0.1, 0.15) is 11.1 Å². The Kier molecular flexibility index (Phi) is 3.53. The zero-order valence-corrected chi connectivity index (χ0v) is 10.00. The number of nitrogens with zero attached hydrogens (tertiary/aromatic N) is 1. The lowest BCUT2D eigenvalue weighted by Gasteiger charge is -2.04. The average Bonchev–Trinajstić information content (AvgIpc) is 2.38. The molecule has 0 saturated heterocycles. The number of rotatable bonds is 3. The van der Waals surface area contributed by atoms with Gasteiger partial charge in [-0.15, -0.1) is 0 Å². The van der Waals surface area contributed by atoms with Crippen molar-refractivity contribution in [2.75, 3.05) is 0 Å². The summed E-state index contributed by atoms with van der Waals surface area (Å²) in [5.41, 5.74) is 2.30. The van der Waals surface area contributed by atoms with Gasteiger partial charge in [-0.3, -0.25) is 0 Å². The van der Waals surface area contributed by atoms with Gasteiger partial charge in [0.05, 0.1) is 5.69 Å². The highest BCUT2D eigenvalue weighted by Crippen LogP contribution is 2.19. The average molecular weight is 239 g/mol. The summed E-state index contributed by atoms with van der Waals surface area (Å²) in [7, 11) is 0. The molecule has 0 bridgehead atoms. The van der Waals surface area contributed by atoms with Crippen LogP contribution in [0.25, 0.3) is 0 Å². The zero-order valence-electron chi connectivity index (χ0n) is 10.00. The molecule has 0 aliphatic heterocycles. The van der Waals surface area contributed by atoms with E-state index >= 15 is 0 Å². The van der Waals surface area contributed by atoms with Gasteiger partial charge in [0.1, 0.15) is 0 Å². The number of para-hydroxylation sites is 1. The Bertz CT molecular complexity index is 588. The molecule has 0 unspecified atom stereocenters. The SMILES string of the molecule is Cc1ccccc1N=C(C(=O)O)c1ccccc1. The molecule has 3 heteroatoms. The van der Waals surface area contributed by atoms with Crippen molar-refractivity contribution in [3.05, 3.63) is 65.7 Å². The van der Waals surface area contributed by atoms with Crippen LogP contribution < -0.4 is 0 Å². The Hall–Kier alpha value is -2.42. The van der Waals surface area contributed by atoms with Crippen molar-refractivity contribution in [2.24, 2.45) is 4.99 Å². The topological polar surface area (TPSA) is 49.7 Å². The minimum atomic E-state index is -1.02. The predicted octanol–water partition coefficient (Wildman–Crippen LogP) is 3.20. The van der Waals surface area contributed by atoms with Crippen LogP contribution in [0.2, 0.25) is 0 Å². The van der Waals surface area contributed by atoms with Crippen molar-refractivity contribution in [3.8, 4) is 0 Å². The Morgan fingerprint density at radius 1 is 1.00 bits per heavy atom. The van der Waals surface area contributed by atoms with Crippen molar-refractivity contribution < 1.29 is 9.90 Å². The van der Waals surface area contributed by atoms with Crippen LogP contribution in [0.15, 0.2) is 59.6 Å². The summed E-state index contributed by atoms with van der Waals surface area (Å²) in [4.78, 5) is 15.5. The molecule has 0 aliphatic rings. The van der Waals surface area contributed by atoms with Gasteiger partial charge < -0.3 is 5.11 Å². The number of benzene rings is 2. The van der Waals surface area contributed by atoms with Crippen LogP contribution in [0.4, 0.5) is 5.69 Å². The number of aliphatic imine (C=N–C) groups is 1. The highest BCUT2D eigenvalue weighted by Gasteiger charge is 2.12. The molecule has 0 fully saturated rings. The maximum atomic E-state index is 11.3. The maximum absolute atomic E-state index is 11.3. The first kappa shape index (κ1) is 12.0. The van der Waals surface area contributed by atoms with Gasteiger partial charge in [0.2, 0.25) is 0 Å². The van der Waals surface area contributed by atoms with Gasteiger partial charge >= 0.3 is 5.97 Å². The largest absolute Gasteiger partial charge is 0.476 e. The molecule has 0 atom stereocenters. The first-order valence-corrected chi connectivity index (χ1v) is 5.61. The first-order valence-electron chi connectivity index (χ1n) is 5.61. The third kappa shape index (κ3) is 2.63. The molecule has 0 aliphatic carbocycles. The standard InChI is InChI=1S/C15H13NO2/c1-11-7-5-6-10-13(11)16-14(15(17)18)12-8-3-2-4-9-12/h2-10H,1H3,(H,17,18). The van der Waals surface area contributed by atoms with E-state index in [1.807, 2.05) is 31.2 Å². The highest BCUT2D eigenvalue weighted by molar-refractivity contribution is 6.43. The minimum Gasteiger partial charge on any atom is -0.476 e. The number of aryl methyl sites for hydroxylation is 1. The van der Waals surface area contributed by atoms with Gasteiger partial charge in [-0.05, 0) is 18.6 Å². The van der Waals surface area contributed by atoms with Gasteiger partial charge in [0, 0.05) is 5.56 Å². The van der Waals surface area contributed by atoms with Crippen LogP contribution >= 0.6 is 0 Å². The van der Waals surface area contributed by atoms with Crippen LogP contribution in [-0.2, 0) is 4.79 Å². The first-order chi connectivity index (χ1) is 8.68. The Balaban J connectivity index is 2.50. The van der Waals surface area contributed by atoms with Gasteiger partial charge in [-0.25, -0.2) is 9.79 Å². The highest BCUT2D eigenvalue weighted by atomic mass is 16.4. The minimum absolute atomic E-state index is 0.0601. The van der Waals surface area contributed by atoms with Gasteiger partial charge in [0.25, 0.3) is 0 Å². The van der Waals surface area contributed by atoms with Crippen molar-refractivity contribution in [1.82, 2.24) is 0 Å². The van der Waals surface area contributed by atoms with E-state index in [0.717, 1.165) is 5.56 Å². The smallest absolute Gasteiger partial charge is 0.355 e. The fraction of sp³-hybridized carbons (Fsp3) is 0.0667. The molecule has 1 N–H and O–H groups in total. The number of carboxylic acid groups (broad SMARTS) is 1. The summed E-state index contributed by atoms with van der Waals surface area (Å²) in [6, 6.07) is 16.4. The Morgan fingerprint density at radius 3 is 2.22 bits per heavy atom. The molecule has 2 aromatic rings. The van der Waals surface area contributed by atoms with E-state index in [2.05, 4.69) is 4.99 Å². The zero-order chi connectivity index (χ0) is 13.0. The lowest BCUT2D eigenvalue weighted by Crippen LogP contribution is -2.14. The van der Waals surface area contributed by atoms with Crippen molar-refractivity contribution in [1.29, 1.82) is 0 Å². The second-order valence-corrected chi connectivity index (χ2v) is 3.92. The number of carbonyl (C=O) groups is 1. The predicted molar refractivity (Wildman–Crippen MR) is 71.5 cm³/mol. The molecule has 0 spiro atoms. The monoisotopic (exact) mass is 239 g/mol. The van der Waals surface area contributed by atoms with Gasteiger partial charge in [-0.2, -0.15) is 0 Å². The molecule has 0 amide bonds. The third-order valence-corrected chi connectivity index (χ3v) is 2.60. The number of carboxylic acids is 1. The summed E-state index contributed by atoms with van der Waals surface area (Å²) in [5, 5.41) is 9.25. The fourth-order valence-corrected chi connectivity index (χ4v) is 1.64. The molecule has 3 nitrogen and oxygen atoms in total. The Morgan fingerprint density at radius 2 is 1.61 bits per heavy atom. The van der Waals surface area contributed by atoms with Crippen molar-refractivity contribution in [3.63, 3.8) is 0 Å². The van der Waals surface area contributed by atoms with E-state index in [4.69, 9.17) is 0 Å². The molecule has 18 heavy (non-hydrogen) atoms. The van der Waals surface area contributed by atoms with E-state index in [1.54, 1.807) is 30.3 Å². The van der Waals surface area contributed by atoms with Gasteiger partial charge in [0.15, 0.2) is 5.71 Å². The molecule has 0 aromatic heterocycles. The molecule has 90 valence electrons. The van der Waals surface area contributed by atoms with E-state index in [9.17, 15) is 9.90 Å². The Labute approximate surface area is 105 Å². The summed E-state index contributed by atoms with van der Waals surface area (Å²) >= 11 is 0. The number of aliphatic carboxylic acids is 1. The fourth-order valence-electron chi connectivity index (χ4n) is 1.64. The van der Waals surface area contributed by atoms with Crippen molar-refractivity contribution in [2.45, 2.75) is 6.92 Å². The van der Waals surface area contributed by atoms with Crippen LogP contribution in [0.5, 0.6) is 0 Å². The van der Waals surface area contributed by atoms with E-state index in [0.29, 0.717) is 11.3 Å². The molecule has 2 aromatic carbocycles. The molecule has 0 saturated carbocycles. The van der Waals surface area contributed by atoms with Crippen LogP contribution in [-0.4, -0.2) is 16.8 Å². The molecular formula is C15H13NO2. The van der Waals surface area contributed by atoms with Gasteiger partial charge in [-0.1, -0.05) is 48.5 Å². The van der Waals surface area contributed by atoms with E-state index in [1.165, 1.54) is 0 Å². The molecule has 0 radical (unpaired) electrons. The molecule has 2 rings (SSSR count). The molecular weight excluding hydrogens is 226 g/mol. The van der Waals surface area contributed by atoms with E-state index in [-0.39, 0.29) is 5.71 Å². The normalized spacial score (nSPS) is 11.3. The second-order valence-electron chi connectivity index (χ2n) is 3.92. The second kappa shape index (κ2) is 5.27. The lowest BCUT2D eigenvalue weighted by molar-refractivity contribution is -0.129. The van der Waals surface area contributed by atoms with Crippen LogP contribution in [0, 0.1) is 6.92 Å². The molecule has 0 heterocycles. The van der Waals surface area contributed by atoms with Crippen molar-refractivity contribution >= 4 is 17.4 Å².